The van der Waals surface area contributed by atoms with Gasteiger partial charge in [-0.1, -0.05) is 41.9 Å². The number of rotatable bonds is 7. The lowest BCUT2D eigenvalue weighted by molar-refractivity contribution is -0.139. The maximum absolute atomic E-state index is 13.0. The fourth-order valence-electron chi connectivity index (χ4n) is 2.59. The van der Waals surface area contributed by atoms with Gasteiger partial charge in [0.05, 0.1) is 5.75 Å². The third-order valence-corrected chi connectivity index (χ3v) is 5.29. The number of halogens is 1. The second-order valence-electron chi connectivity index (χ2n) is 7.67. The minimum atomic E-state index is -0.584. The second-order valence-corrected chi connectivity index (χ2v) is 9.15. The van der Waals surface area contributed by atoms with Gasteiger partial charge in [-0.25, -0.2) is 0 Å². The minimum Gasteiger partial charge on any atom is -0.350 e. The molecule has 28 heavy (non-hydrogen) atoms. The molecule has 0 spiro atoms. The maximum atomic E-state index is 13.0. The SMILES string of the molecule is C[C@H](C(=O)NC(C)(C)C)N(Cc1ccc(Cl)cc1)C(=O)CSc1ccccc1. The van der Waals surface area contributed by atoms with Crippen LogP contribution in [0.15, 0.2) is 59.5 Å². The highest BCUT2D eigenvalue weighted by molar-refractivity contribution is 8.00. The Hall–Kier alpha value is -1.98. The van der Waals surface area contributed by atoms with Crippen molar-refractivity contribution in [3.63, 3.8) is 0 Å². The largest absolute Gasteiger partial charge is 0.350 e. The molecule has 2 amide bonds. The van der Waals surface area contributed by atoms with Crippen LogP contribution in [0.3, 0.4) is 0 Å². The van der Waals surface area contributed by atoms with E-state index in [0.29, 0.717) is 11.6 Å². The molecular weight excluding hydrogens is 392 g/mol. The second kappa shape index (κ2) is 9.99. The highest BCUT2D eigenvalue weighted by atomic mass is 35.5. The molecule has 2 aromatic rings. The van der Waals surface area contributed by atoms with Gasteiger partial charge in [0.25, 0.3) is 0 Å². The van der Waals surface area contributed by atoms with Crippen LogP contribution in [0.4, 0.5) is 0 Å². The van der Waals surface area contributed by atoms with Gasteiger partial charge in [0.15, 0.2) is 0 Å². The van der Waals surface area contributed by atoms with E-state index in [1.54, 1.807) is 24.0 Å². The fourth-order valence-corrected chi connectivity index (χ4v) is 3.52. The number of benzene rings is 2. The normalized spacial score (nSPS) is 12.3. The van der Waals surface area contributed by atoms with Crippen LogP contribution in [0.2, 0.25) is 5.02 Å². The Morgan fingerprint density at radius 1 is 1.07 bits per heavy atom. The lowest BCUT2D eigenvalue weighted by Gasteiger charge is -2.31. The van der Waals surface area contributed by atoms with Gasteiger partial charge in [0.2, 0.25) is 11.8 Å². The van der Waals surface area contributed by atoms with Crippen LogP contribution in [0.1, 0.15) is 33.3 Å². The van der Waals surface area contributed by atoms with E-state index in [1.807, 2.05) is 63.2 Å². The molecule has 0 saturated carbocycles. The van der Waals surface area contributed by atoms with E-state index in [0.717, 1.165) is 10.5 Å². The number of hydrogen-bond acceptors (Lipinski definition) is 3. The summed E-state index contributed by atoms with van der Waals surface area (Å²) in [5.41, 5.74) is 0.567. The van der Waals surface area contributed by atoms with E-state index in [1.165, 1.54) is 11.8 Å². The highest BCUT2D eigenvalue weighted by Gasteiger charge is 2.28. The number of nitrogens with one attached hydrogen (secondary N) is 1. The molecule has 2 aromatic carbocycles. The lowest BCUT2D eigenvalue weighted by Crippen LogP contribution is -2.52. The van der Waals surface area contributed by atoms with E-state index in [9.17, 15) is 9.59 Å². The van der Waals surface area contributed by atoms with E-state index in [-0.39, 0.29) is 23.1 Å². The summed E-state index contributed by atoms with van der Waals surface area (Å²) in [5.74, 6) is 0.0185. The highest BCUT2D eigenvalue weighted by Crippen LogP contribution is 2.20. The molecule has 0 aliphatic carbocycles. The Balaban J connectivity index is 2.15. The van der Waals surface area contributed by atoms with Crippen LogP contribution >= 0.6 is 23.4 Å². The number of nitrogens with zero attached hydrogens (tertiary/aromatic N) is 1. The average Bonchev–Trinajstić information content (AvgIpc) is 2.64. The van der Waals surface area contributed by atoms with E-state index < -0.39 is 6.04 Å². The molecule has 0 aliphatic heterocycles. The first-order valence-electron chi connectivity index (χ1n) is 9.19. The van der Waals surface area contributed by atoms with Gasteiger partial charge in [-0.05, 0) is 57.5 Å². The molecule has 1 atom stereocenters. The first-order valence-corrected chi connectivity index (χ1v) is 10.6. The average molecular weight is 419 g/mol. The summed E-state index contributed by atoms with van der Waals surface area (Å²) in [5, 5.41) is 3.60. The van der Waals surface area contributed by atoms with Gasteiger partial charge in [0, 0.05) is 22.0 Å². The molecule has 2 rings (SSSR count). The van der Waals surface area contributed by atoms with Crippen LogP contribution in [0.25, 0.3) is 0 Å². The molecule has 0 fully saturated rings. The minimum absolute atomic E-state index is 0.0830. The lowest BCUT2D eigenvalue weighted by atomic mass is 10.1. The Kier molecular flexibility index (Phi) is 7.96. The number of carbonyl (C=O) groups is 2. The van der Waals surface area contributed by atoms with Gasteiger partial charge in [-0.2, -0.15) is 0 Å². The molecule has 0 unspecified atom stereocenters. The van der Waals surface area contributed by atoms with E-state index in [2.05, 4.69) is 5.32 Å². The topological polar surface area (TPSA) is 49.4 Å². The number of hydrogen-bond donors (Lipinski definition) is 1. The molecule has 6 heteroatoms. The predicted molar refractivity (Wildman–Crippen MR) is 117 cm³/mol. The van der Waals surface area contributed by atoms with Crippen LogP contribution in [0, 0.1) is 0 Å². The Morgan fingerprint density at radius 2 is 1.68 bits per heavy atom. The molecule has 1 N–H and O–H groups in total. The zero-order valence-corrected chi connectivity index (χ0v) is 18.3. The molecule has 0 radical (unpaired) electrons. The molecule has 4 nitrogen and oxygen atoms in total. The van der Waals surface area contributed by atoms with Crippen LogP contribution in [0.5, 0.6) is 0 Å². The monoisotopic (exact) mass is 418 g/mol. The van der Waals surface area contributed by atoms with Crippen LogP contribution in [-0.2, 0) is 16.1 Å². The Labute approximate surface area is 176 Å². The van der Waals surface area contributed by atoms with Crippen molar-refractivity contribution in [3.05, 3.63) is 65.2 Å². The Bertz CT molecular complexity index is 788. The summed E-state index contributed by atoms with van der Waals surface area (Å²) in [6.07, 6.45) is 0. The zero-order chi connectivity index (χ0) is 20.7. The van der Waals surface area contributed by atoms with Crippen molar-refractivity contribution in [2.45, 2.75) is 50.7 Å². The molecule has 0 aliphatic rings. The van der Waals surface area contributed by atoms with E-state index in [4.69, 9.17) is 11.6 Å². The maximum Gasteiger partial charge on any atom is 0.242 e. The van der Waals surface area contributed by atoms with Crippen molar-refractivity contribution in [3.8, 4) is 0 Å². The van der Waals surface area contributed by atoms with Crippen molar-refractivity contribution in [2.75, 3.05) is 5.75 Å². The summed E-state index contributed by atoms with van der Waals surface area (Å²) in [7, 11) is 0. The number of amides is 2. The van der Waals surface area contributed by atoms with E-state index >= 15 is 0 Å². The van der Waals surface area contributed by atoms with Crippen molar-refractivity contribution in [1.82, 2.24) is 10.2 Å². The fraction of sp³-hybridized carbons (Fsp3) is 0.364. The zero-order valence-electron chi connectivity index (χ0n) is 16.7. The van der Waals surface area contributed by atoms with Gasteiger partial charge in [-0.15, -0.1) is 11.8 Å². The molecule has 150 valence electrons. The molecule has 0 bridgehead atoms. The van der Waals surface area contributed by atoms with Gasteiger partial charge < -0.3 is 10.2 Å². The predicted octanol–water partition coefficient (Wildman–Crippen LogP) is 4.76. The number of thioether (sulfide) groups is 1. The summed E-state index contributed by atoms with van der Waals surface area (Å²) in [6.45, 7) is 7.89. The van der Waals surface area contributed by atoms with Crippen molar-refractivity contribution < 1.29 is 9.59 Å². The molecule has 0 aromatic heterocycles. The number of carbonyl (C=O) groups excluding carboxylic acids is 2. The smallest absolute Gasteiger partial charge is 0.242 e. The van der Waals surface area contributed by atoms with Crippen LogP contribution < -0.4 is 5.32 Å². The standard InChI is InChI=1S/C22H27ClN2O2S/c1-16(21(27)24-22(2,3)4)25(14-17-10-12-18(23)13-11-17)20(26)15-28-19-8-6-5-7-9-19/h5-13,16H,14-15H2,1-4H3,(H,24,27)/t16-/m1/s1. The summed E-state index contributed by atoms with van der Waals surface area (Å²) < 4.78 is 0. The molecule has 0 saturated heterocycles. The molecule has 0 heterocycles. The summed E-state index contributed by atoms with van der Waals surface area (Å²) in [4.78, 5) is 28.3. The first kappa shape index (κ1) is 22.3. The van der Waals surface area contributed by atoms with Gasteiger partial charge in [-0.3, -0.25) is 9.59 Å². The summed E-state index contributed by atoms with van der Waals surface area (Å²) in [6, 6.07) is 16.5. The van der Waals surface area contributed by atoms with Crippen molar-refractivity contribution in [2.24, 2.45) is 0 Å². The third-order valence-electron chi connectivity index (χ3n) is 4.04. The Morgan fingerprint density at radius 3 is 2.25 bits per heavy atom. The third kappa shape index (κ3) is 7.21. The van der Waals surface area contributed by atoms with Crippen molar-refractivity contribution in [1.29, 1.82) is 0 Å². The molecular formula is C22H27ClN2O2S. The van der Waals surface area contributed by atoms with Crippen LogP contribution in [-0.4, -0.2) is 34.0 Å². The van der Waals surface area contributed by atoms with Crippen molar-refractivity contribution >= 4 is 35.2 Å². The van der Waals surface area contributed by atoms with Gasteiger partial charge in [0.1, 0.15) is 6.04 Å². The van der Waals surface area contributed by atoms with Gasteiger partial charge >= 0.3 is 0 Å². The first-order chi connectivity index (χ1) is 13.2. The quantitative estimate of drug-likeness (QED) is 0.659. The summed E-state index contributed by atoms with van der Waals surface area (Å²) >= 11 is 7.43.